The maximum absolute atomic E-state index is 8.64. The number of halogens is 2. The third-order valence-corrected chi connectivity index (χ3v) is 17.1. The average molecular weight is 2800 g/mol. The van der Waals surface area contributed by atoms with Crippen LogP contribution >= 0.6 is 22.0 Å². The number of rotatable bonds is 15. The van der Waals surface area contributed by atoms with Crippen LogP contribution < -0.4 is 0 Å². The first-order valence-corrected chi connectivity index (χ1v) is 42.3. The Morgan fingerprint density at radius 3 is 0.899 bits per heavy atom. The van der Waals surface area contributed by atoms with Crippen molar-refractivity contribution in [1.29, 1.82) is 5.26 Å². The van der Waals surface area contributed by atoms with Gasteiger partial charge in [-0.15, -0.1) is 59.9 Å². The van der Waals surface area contributed by atoms with Gasteiger partial charge in [0.1, 0.15) is 0 Å². The molecule has 10 heterocycles. The summed E-state index contributed by atoms with van der Waals surface area (Å²) >= 11 is 1.47. The van der Waals surface area contributed by atoms with Gasteiger partial charge in [-0.3, -0.25) is 51.3 Å². The second-order valence-corrected chi connectivity index (χ2v) is 27.2. The predicted molar refractivity (Wildman–Crippen MR) is 496 cm³/mol. The summed E-state index contributed by atoms with van der Waals surface area (Å²) in [5.41, 5.74) is 20.4. The summed E-state index contributed by atoms with van der Waals surface area (Å²) in [6.45, 7) is 9.95. The van der Waals surface area contributed by atoms with E-state index < -0.39 is 0 Å². The summed E-state index contributed by atoms with van der Waals surface area (Å²) in [4.78, 5) is 46.0. The van der Waals surface area contributed by atoms with E-state index in [1.54, 1.807) is 47.8 Å². The van der Waals surface area contributed by atoms with Gasteiger partial charge in [-0.2, -0.15) is 233 Å². The van der Waals surface area contributed by atoms with E-state index in [0.29, 0.717) is 5.56 Å². The van der Waals surface area contributed by atoms with E-state index in [1.807, 2.05) is 334 Å². The monoisotopic (exact) mass is 2800 g/mol. The number of aromatic nitrogens is 11. The summed E-state index contributed by atoms with van der Waals surface area (Å²) in [7, 11) is 4.64. The molecule has 0 fully saturated rings. The molecule has 0 atom stereocenters. The first-order valence-electron chi connectivity index (χ1n) is 39.3. The zero-order chi connectivity index (χ0) is 86.5. The number of pyridine rings is 9. The van der Waals surface area contributed by atoms with Crippen LogP contribution in [0.15, 0.2) is 420 Å². The molecular formula is C108H92Cl2Ir6N12O-7. The van der Waals surface area contributed by atoms with Gasteiger partial charge in [-0.1, -0.05) is 92.4 Å². The number of benzene rings is 8. The van der Waals surface area contributed by atoms with E-state index in [2.05, 4.69) is 184 Å². The van der Waals surface area contributed by atoms with Crippen LogP contribution in [0.4, 0.5) is 0 Å². The molecule has 18 aromatic rings. The minimum absolute atomic E-state index is 0. The Hall–Kier alpha value is -11.0. The van der Waals surface area contributed by atoms with Crippen molar-refractivity contribution < 1.29 is 123 Å². The molecule has 0 N–H and O–H groups in total. The molecular weight excluding hydrogens is 2710 g/mol. The van der Waals surface area contributed by atoms with E-state index in [4.69, 9.17) is 10.1 Å². The van der Waals surface area contributed by atoms with Crippen LogP contribution in [-0.2, 0) is 167 Å². The normalized spacial score (nSPS) is 9.30. The van der Waals surface area contributed by atoms with Crippen LogP contribution in [0.25, 0.3) is 28.3 Å². The van der Waals surface area contributed by atoms with Gasteiger partial charge in [0, 0.05) is 209 Å². The van der Waals surface area contributed by atoms with Gasteiger partial charge in [0.15, 0.2) is 0 Å². The molecule has 0 aliphatic heterocycles. The Bertz CT molecular complexity index is 5090. The van der Waals surface area contributed by atoms with Gasteiger partial charge in [0.05, 0.1) is 11.4 Å². The van der Waals surface area contributed by atoms with Crippen molar-refractivity contribution in [2.75, 3.05) is 0 Å². The van der Waals surface area contributed by atoms with E-state index in [1.165, 1.54) is 51.3 Å². The fourth-order valence-corrected chi connectivity index (χ4v) is 11.3. The van der Waals surface area contributed by atoms with Crippen molar-refractivity contribution >= 4 is 28.8 Å². The third-order valence-electron chi connectivity index (χ3n) is 17.1. The van der Waals surface area contributed by atoms with Crippen LogP contribution in [0, 0.1) is 59.9 Å². The Kier molecular flexibility index (Phi) is 62.6. The number of hydrogen-bond acceptors (Lipinski definition) is 12. The van der Waals surface area contributed by atoms with E-state index in [-0.39, 0.29) is 118 Å². The zero-order valence-corrected chi connectivity index (χ0v) is 86.7. The molecule has 0 saturated heterocycles. The molecule has 129 heavy (non-hydrogen) atoms. The molecule has 0 aliphatic carbocycles. The maximum Gasteiger partial charge on any atom is 0.0886 e. The Morgan fingerprint density at radius 2 is 0.628 bits per heavy atom. The molecule has 0 aliphatic rings. The van der Waals surface area contributed by atoms with Gasteiger partial charge < -0.3 is 9.78 Å². The standard InChI is InChI=1S/C16H18N.C13H9N2.4C12H10N.C11H8N.C10H8N2.C9H7N2.CHO.2ClH.6Ir/c1-16(2,3)15-10-5-4-8-13(15)12-14-9-6-7-11-17-14;14-10-12-6-4-11(5-7-12)9-13-3-1-2-8-15-13;4*1-2-6-11(7-3-1)10-12-8-4-5-9-13-12;1-2-6-10(7-3-1)11-8-4-5-9-12-11;1-3-7-11-9(5-1)10-6-2-4-8-12-10;1-2-5-9(6-3-1)11-8-4-7-10-11;1-2;;;;;;;;/h4-7,9-11H,12H2,1-3H3;1-4,6-8H,9H2;4*1-6,8-9H,10H2;1-6,8-9H;1-8H;1-5,7-8H;1H;2*1H;;;;;;/q7*-1;;2*-1;;;;;;;;+3/p-1. The molecule has 0 bridgehead atoms. The number of nitrogens with zero attached hydrogens (tertiary/aromatic N) is 12. The van der Waals surface area contributed by atoms with Gasteiger partial charge >= 0.3 is 27.5 Å². The molecule has 13 nitrogen and oxygen atoms in total. The first kappa shape index (κ1) is 114. The molecule has 0 spiro atoms. The molecule has 0 amide bonds. The zero-order valence-electron chi connectivity index (χ0n) is 70.7. The second kappa shape index (κ2) is 70.9. The van der Waals surface area contributed by atoms with Crippen molar-refractivity contribution in [1.82, 2.24) is 54.6 Å². The van der Waals surface area contributed by atoms with Crippen molar-refractivity contribution in [3.05, 3.63) is 547 Å². The predicted octanol–water partition coefficient (Wildman–Crippen LogP) is 23.2. The molecule has 0 saturated carbocycles. The Labute approximate surface area is 849 Å². The molecule has 18 rings (SSSR count). The molecule has 21 heteroatoms. The van der Waals surface area contributed by atoms with Gasteiger partial charge in [-0.25, -0.2) is 5.26 Å². The number of para-hydroxylation sites is 1. The largest absolute Gasteiger partial charge is 0.305 e. The first-order chi connectivity index (χ1) is 60.6. The smallest absolute Gasteiger partial charge is 0.0886 e. The van der Waals surface area contributed by atoms with Crippen molar-refractivity contribution in [2.24, 2.45) is 0 Å². The SMILES string of the molecule is CC(C)(C)c1ccc[c-]c1Cc1ccccn1.Cl.N#Cc1c[c-]c(Cc2ccccn2)cc1.[CH-]=O.[Cl][Ir+2].[Ir].[Ir].[Ir].[Ir].[Ir].[c-]1ccccc1-c1ccccn1.[c-]1ccccc1-n1cccn1.[c-]1ccccc1Cc1ccccn1.[c-]1ccccc1Cc1ccccn1.[c-]1ccccc1Cc1ccccn1.[c-]1ccccc1Cc1ccccn1.c1ccc(-c2ccccn2)nc1. The van der Waals surface area contributed by atoms with E-state index in [9.17, 15) is 0 Å². The van der Waals surface area contributed by atoms with Gasteiger partial charge in [0.25, 0.3) is 0 Å². The fourth-order valence-electron chi connectivity index (χ4n) is 11.3. The van der Waals surface area contributed by atoms with E-state index >= 15 is 0 Å². The second-order valence-electron chi connectivity index (χ2n) is 27.2. The van der Waals surface area contributed by atoms with Crippen LogP contribution in [0.5, 0.6) is 0 Å². The van der Waals surface area contributed by atoms with Gasteiger partial charge in [-0.05, 0) is 159 Å². The molecule has 8 aromatic carbocycles. The Morgan fingerprint density at radius 1 is 0.318 bits per heavy atom. The number of nitriles is 1. The van der Waals surface area contributed by atoms with Gasteiger partial charge in [0.2, 0.25) is 0 Å². The molecule has 665 valence electrons. The summed E-state index contributed by atoms with van der Waals surface area (Å²) in [5.74, 6) is 0. The number of carbonyl (C=O) groups excluding carboxylic acids is 1. The summed E-state index contributed by atoms with van der Waals surface area (Å²) in [5, 5.41) is 12.7. The minimum atomic E-state index is 0. The van der Waals surface area contributed by atoms with E-state index in [0.717, 1.165) is 107 Å². The fraction of sp³-hybridized carbons (Fsp3) is 0.0926. The van der Waals surface area contributed by atoms with Crippen LogP contribution in [0.3, 0.4) is 0 Å². The maximum atomic E-state index is 8.64. The van der Waals surface area contributed by atoms with Crippen LogP contribution in [0.1, 0.15) is 99.4 Å². The average Bonchev–Trinajstić information content (AvgIpc) is 0.998. The molecule has 5 radical (unpaired) electrons. The summed E-state index contributed by atoms with van der Waals surface area (Å²) < 4.78 is 1.78. The summed E-state index contributed by atoms with van der Waals surface area (Å²) in [6.07, 6.45) is 24.9. The van der Waals surface area contributed by atoms with Crippen molar-refractivity contribution in [3.8, 4) is 34.4 Å². The minimum Gasteiger partial charge on any atom is -0.305 e. The van der Waals surface area contributed by atoms with Crippen LogP contribution in [0.2, 0.25) is 0 Å². The molecule has 10 aromatic heterocycles. The topological polar surface area (TPSA) is 175 Å². The summed E-state index contributed by atoms with van der Waals surface area (Å²) in [6, 6.07) is 142. The Balaban J connectivity index is 0.000000487. The molecule has 0 unspecified atom stereocenters. The van der Waals surface area contributed by atoms with Crippen molar-refractivity contribution in [2.45, 2.75) is 64.7 Å². The third kappa shape index (κ3) is 47.2. The quantitative estimate of drug-likeness (QED) is 0.0703. The van der Waals surface area contributed by atoms with Crippen LogP contribution in [-0.4, -0.2) is 61.4 Å². The van der Waals surface area contributed by atoms with Crippen molar-refractivity contribution in [3.63, 3.8) is 0 Å². The number of hydrogen-bond donors (Lipinski definition) is 0.